The minimum absolute atomic E-state index is 0.0342. The third-order valence-corrected chi connectivity index (χ3v) is 7.93. The Morgan fingerprint density at radius 1 is 1.06 bits per heavy atom. The highest BCUT2D eigenvalue weighted by molar-refractivity contribution is 7.90. The number of amides is 3. The van der Waals surface area contributed by atoms with E-state index in [1.54, 1.807) is 13.0 Å². The van der Waals surface area contributed by atoms with Crippen LogP contribution in [0, 0.1) is 5.82 Å². The Kier molecular flexibility index (Phi) is 8.26. The largest absolute Gasteiger partial charge is 0.352 e. The molecule has 1 N–H and O–H groups in total. The number of nitrogens with one attached hydrogen (secondary N) is 1. The summed E-state index contributed by atoms with van der Waals surface area (Å²) in [4.78, 5) is 40.3. The first-order chi connectivity index (χ1) is 16.6. The molecule has 0 saturated carbocycles. The van der Waals surface area contributed by atoms with Crippen LogP contribution in [0.5, 0.6) is 0 Å². The van der Waals surface area contributed by atoms with E-state index < -0.39 is 33.7 Å². The molecule has 0 saturated heterocycles. The minimum Gasteiger partial charge on any atom is -0.352 e. The van der Waals surface area contributed by atoms with Gasteiger partial charge in [-0.3, -0.25) is 14.4 Å². The van der Waals surface area contributed by atoms with Crippen molar-refractivity contribution < 1.29 is 27.2 Å². The maximum absolute atomic E-state index is 13.4. The first-order valence-electron chi connectivity index (χ1n) is 11.6. The first-order valence-corrected chi connectivity index (χ1v) is 13.0. The Labute approximate surface area is 205 Å². The summed E-state index contributed by atoms with van der Waals surface area (Å²) in [5.41, 5.74) is 0.689. The molecule has 1 aliphatic heterocycles. The van der Waals surface area contributed by atoms with Crippen LogP contribution < -0.4 is 5.32 Å². The Morgan fingerprint density at radius 3 is 2.31 bits per heavy atom. The molecule has 1 aliphatic rings. The molecule has 2 atom stereocenters. The molecule has 3 amide bonds. The number of sulfonamides is 1. The van der Waals surface area contributed by atoms with Crippen LogP contribution >= 0.6 is 0 Å². The second kappa shape index (κ2) is 11.0. The second-order valence-electron chi connectivity index (χ2n) is 8.52. The van der Waals surface area contributed by atoms with E-state index in [0.29, 0.717) is 22.7 Å². The van der Waals surface area contributed by atoms with Gasteiger partial charge in [0, 0.05) is 25.6 Å². The van der Waals surface area contributed by atoms with Crippen molar-refractivity contribution in [3.05, 3.63) is 65.5 Å². The van der Waals surface area contributed by atoms with Gasteiger partial charge in [-0.25, -0.2) is 17.1 Å². The van der Waals surface area contributed by atoms with Crippen LogP contribution in [-0.4, -0.2) is 54.0 Å². The van der Waals surface area contributed by atoms with E-state index in [4.69, 9.17) is 0 Å². The minimum atomic E-state index is -4.05. The van der Waals surface area contributed by atoms with Crippen molar-refractivity contribution in [2.45, 2.75) is 63.6 Å². The van der Waals surface area contributed by atoms with Crippen molar-refractivity contribution in [1.29, 1.82) is 0 Å². The van der Waals surface area contributed by atoms with Gasteiger partial charge in [0.25, 0.3) is 15.9 Å². The molecule has 8 nitrogen and oxygen atoms in total. The number of carbonyl (C=O) groups is 3. The van der Waals surface area contributed by atoms with Gasteiger partial charge in [0.15, 0.2) is 0 Å². The van der Waals surface area contributed by atoms with Crippen molar-refractivity contribution in [1.82, 2.24) is 14.5 Å². The summed E-state index contributed by atoms with van der Waals surface area (Å²) in [5, 5.41) is 2.89. The number of benzene rings is 2. The van der Waals surface area contributed by atoms with Gasteiger partial charge >= 0.3 is 0 Å². The molecule has 10 heteroatoms. The SMILES string of the molecule is CC[C@H](C)NC(=O)[C@H](CC)N(Cc1ccc(F)cc1)C(=O)CCN1C(=O)c2ccccc2S1(=O)=O. The Balaban J connectivity index is 1.82. The lowest BCUT2D eigenvalue weighted by Crippen LogP contribution is -2.51. The first kappa shape index (κ1) is 26.3. The average Bonchev–Trinajstić information content (AvgIpc) is 3.03. The van der Waals surface area contributed by atoms with Gasteiger partial charge in [-0.2, -0.15) is 0 Å². The smallest absolute Gasteiger partial charge is 0.269 e. The van der Waals surface area contributed by atoms with E-state index >= 15 is 0 Å². The number of hydrogen-bond donors (Lipinski definition) is 1. The highest BCUT2D eigenvalue weighted by Gasteiger charge is 2.41. The van der Waals surface area contributed by atoms with Crippen LogP contribution in [0.1, 0.15) is 56.0 Å². The molecule has 35 heavy (non-hydrogen) atoms. The maximum Gasteiger partial charge on any atom is 0.269 e. The van der Waals surface area contributed by atoms with Crippen LogP contribution in [0.25, 0.3) is 0 Å². The molecular weight excluding hydrogens is 473 g/mol. The predicted molar refractivity (Wildman–Crippen MR) is 128 cm³/mol. The Hall–Kier alpha value is -3.27. The summed E-state index contributed by atoms with van der Waals surface area (Å²) in [5.74, 6) is -1.92. The molecule has 0 radical (unpaired) electrons. The Morgan fingerprint density at radius 2 is 1.71 bits per heavy atom. The third-order valence-electron chi connectivity index (χ3n) is 6.09. The zero-order valence-electron chi connectivity index (χ0n) is 20.0. The monoisotopic (exact) mass is 503 g/mol. The van der Waals surface area contributed by atoms with Gasteiger partial charge in [-0.15, -0.1) is 0 Å². The molecule has 188 valence electrons. The van der Waals surface area contributed by atoms with E-state index in [1.807, 2.05) is 13.8 Å². The van der Waals surface area contributed by atoms with Crippen molar-refractivity contribution >= 4 is 27.7 Å². The van der Waals surface area contributed by atoms with Crippen LogP contribution in [0.2, 0.25) is 0 Å². The molecule has 2 aromatic rings. The predicted octanol–water partition coefficient (Wildman–Crippen LogP) is 3.08. The summed E-state index contributed by atoms with van der Waals surface area (Å²) < 4.78 is 39.8. The summed E-state index contributed by atoms with van der Waals surface area (Å²) in [6.45, 7) is 5.25. The highest BCUT2D eigenvalue weighted by Crippen LogP contribution is 2.30. The fraction of sp³-hybridized carbons (Fsp3) is 0.400. The lowest BCUT2D eigenvalue weighted by atomic mass is 10.1. The topological polar surface area (TPSA) is 104 Å². The van der Waals surface area contributed by atoms with E-state index in [9.17, 15) is 27.2 Å². The van der Waals surface area contributed by atoms with Crippen LogP contribution in [0.4, 0.5) is 4.39 Å². The molecule has 0 unspecified atom stereocenters. The third kappa shape index (κ3) is 5.70. The van der Waals surface area contributed by atoms with E-state index in [-0.39, 0.29) is 41.9 Å². The number of fused-ring (bicyclic) bond motifs is 1. The normalized spacial score (nSPS) is 15.9. The zero-order chi connectivity index (χ0) is 25.8. The molecule has 0 spiro atoms. The quantitative estimate of drug-likeness (QED) is 0.537. The number of hydrogen-bond acceptors (Lipinski definition) is 5. The molecule has 0 fully saturated rings. The molecular formula is C25H30FN3O5S. The van der Waals surface area contributed by atoms with Crippen molar-refractivity contribution in [3.63, 3.8) is 0 Å². The van der Waals surface area contributed by atoms with Crippen LogP contribution in [0.15, 0.2) is 53.4 Å². The van der Waals surface area contributed by atoms with Gasteiger partial charge in [-0.05, 0) is 49.6 Å². The van der Waals surface area contributed by atoms with E-state index in [1.165, 1.54) is 47.4 Å². The van der Waals surface area contributed by atoms with Gasteiger partial charge in [0.05, 0.1) is 5.56 Å². The molecule has 2 aromatic carbocycles. The van der Waals surface area contributed by atoms with E-state index in [0.717, 1.165) is 0 Å². The summed E-state index contributed by atoms with van der Waals surface area (Å²) in [7, 11) is -4.05. The molecule has 1 heterocycles. The summed E-state index contributed by atoms with van der Waals surface area (Å²) in [6.07, 6.45) is 0.735. The summed E-state index contributed by atoms with van der Waals surface area (Å²) in [6, 6.07) is 10.6. The summed E-state index contributed by atoms with van der Waals surface area (Å²) >= 11 is 0. The zero-order valence-corrected chi connectivity index (χ0v) is 20.8. The average molecular weight is 504 g/mol. The lowest BCUT2D eigenvalue weighted by Gasteiger charge is -2.32. The molecule has 0 aromatic heterocycles. The maximum atomic E-state index is 13.4. The fourth-order valence-electron chi connectivity index (χ4n) is 3.94. The number of nitrogens with zero attached hydrogens (tertiary/aromatic N) is 2. The van der Waals surface area contributed by atoms with Crippen molar-refractivity contribution in [2.75, 3.05) is 6.54 Å². The van der Waals surface area contributed by atoms with Crippen LogP contribution in [0.3, 0.4) is 0 Å². The van der Waals surface area contributed by atoms with Gasteiger partial charge in [0.2, 0.25) is 11.8 Å². The fourth-order valence-corrected chi connectivity index (χ4v) is 5.51. The Bertz CT molecular complexity index is 1200. The van der Waals surface area contributed by atoms with E-state index in [2.05, 4.69) is 5.32 Å². The highest BCUT2D eigenvalue weighted by atomic mass is 32.2. The number of rotatable bonds is 10. The standard InChI is InChI=1S/C25H30FN3O5S/c1-4-17(3)27-24(31)21(5-2)28(16-18-10-12-19(26)13-11-18)23(30)14-15-29-25(32)20-8-6-7-9-22(20)35(29,33)34/h6-13,17,21H,4-5,14-16H2,1-3H3,(H,27,31)/t17-,21-/m0/s1. The van der Waals surface area contributed by atoms with Crippen molar-refractivity contribution in [3.8, 4) is 0 Å². The lowest BCUT2D eigenvalue weighted by molar-refractivity contribution is -0.141. The van der Waals surface area contributed by atoms with Gasteiger partial charge in [0.1, 0.15) is 16.8 Å². The molecule has 0 aliphatic carbocycles. The van der Waals surface area contributed by atoms with Gasteiger partial charge < -0.3 is 10.2 Å². The number of halogens is 1. The van der Waals surface area contributed by atoms with Crippen molar-refractivity contribution in [2.24, 2.45) is 0 Å². The molecule has 3 rings (SSSR count). The molecule has 0 bridgehead atoms. The van der Waals surface area contributed by atoms with Gasteiger partial charge in [-0.1, -0.05) is 38.1 Å². The van der Waals surface area contributed by atoms with Crippen LogP contribution in [-0.2, 0) is 26.2 Å². The number of carbonyl (C=O) groups excluding carboxylic acids is 3. The second-order valence-corrected chi connectivity index (χ2v) is 10.3.